The van der Waals surface area contributed by atoms with Crippen LogP contribution in [0.3, 0.4) is 0 Å². The monoisotopic (exact) mass is 324 g/mol. The highest BCUT2D eigenvalue weighted by molar-refractivity contribution is 5.92. The van der Waals surface area contributed by atoms with Crippen LogP contribution >= 0.6 is 0 Å². The minimum absolute atomic E-state index is 0.0273. The SMILES string of the molecule is O=C1CCC(c2ccc(NC(=O)C3CCc4nccn4C3)cc2)N1. The zero-order chi connectivity index (χ0) is 16.5. The van der Waals surface area contributed by atoms with Crippen molar-refractivity contribution >= 4 is 17.5 Å². The van der Waals surface area contributed by atoms with Crippen LogP contribution in [0.5, 0.6) is 0 Å². The van der Waals surface area contributed by atoms with E-state index in [2.05, 4.69) is 20.2 Å². The second-order valence-corrected chi connectivity index (χ2v) is 6.50. The van der Waals surface area contributed by atoms with Crippen LogP contribution < -0.4 is 10.6 Å². The molecule has 124 valence electrons. The molecule has 6 nitrogen and oxygen atoms in total. The average Bonchev–Trinajstić information content (AvgIpc) is 3.23. The Morgan fingerprint density at radius 1 is 1.21 bits per heavy atom. The Hall–Kier alpha value is -2.63. The van der Waals surface area contributed by atoms with E-state index >= 15 is 0 Å². The maximum Gasteiger partial charge on any atom is 0.229 e. The molecule has 0 radical (unpaired) electrons. The van der Waals surface area contributed by atoms with Crippen molar-refractivity contribution in [2.45, 2.75) is 38.3 Å². The Morgan fingerprint density at radius 2 is 2.04 bits per heavy atom. The molecule has 2 unspecified atom stereocenters. The molecular weight excluding hydrogens is 304 g/mol. The summed E-state index contributed by atoms with van der Waals surface area (Å²) in [5, 5.41) is 5.96. The van der Waals surface area contributed by atoms with Gasteiger partial charge in [0.2, 0.25) is 11.8 Å². The molecule has 0 bridgehead atoms. The first kappa shape index (κ1) is 14.9. The number of anilines is 1. The maximum atomic E-state index is 12.5. The van der Waals surface area contributed by atoms with E-state index in [9.17, 15) is 9.59 Å². The van der Waals surface area contributed by atoms with Gasteiger partial charge in [-0.15, -0.1) is 0 Å². The van der Waals surface area contributed by atoms with Crippen LogP contribution in [0.15, 0.2) is 36.7 Å². The highest BCUT2D eigenvalue weighted by atomic mass is 16.2. The molecule has 1 aromatic heterocycles. The number of amides is 2. The van der Waals surface area contributed by atoms with Crippen molar-refractivity contribution in [2.75, 3.05) is 5.32 Å². The van der Waals surface area contributed by atoms with E-state index in [1.165, 1.54) is 0 Å². The molecule has 2 amide bonds. The van der Waals surface area contributed by atoms with Gasteiger partial charge in [0.15, 0.2) is 0 Å². The Balaban J connectivity index is 1.38. The number of benzene rings is 1. The molecule has 6 heteroatoms. The van der Waals surface area contributed by atoms with Crippen molar-refractivity contribution in [3.05, 3.63) is 48.0 Å². The molecule has 2 aliphatic heterocycles. The molecule has 3 heterocycles. The van der Waals surface area contributed by atoms with Gasteiger partial charge in [0.1, 0.15) is 5.82 Å². The predicted octanol–water partition coefficient (Wildman–Crippen LogP) is 2.04. The fourth-order valence-corrected chi connectivity index (χ4v) is 3.49. The summed E-state index contributed by atoms with van der Waals surface area (Å²) in [5.41, 5.74) is 1.88. The largest absolute Gasteiger partial charge is 0.349 e. The van der Waals surface area contributed by atoms with E-state index in [1.807, 2.05) is 30.5 Å². The summed E-state index contributed by atoms with van der Waals surface area (Å²) in [7, 11) is 0. The minimum atomic E-state index is -0.0273. The smallest absolute Gasteiger partial charge is 0.229 e. The van der Waals surface area contributed by atoms with Crippen LogP contribution in [0.4, 0.5) is 5.69 Å². The van der Waals surface area contributed by atoms with Crippen LogP contribution in [-0.4, -0.2) is 21.4 Å². The van der Waals surface area contributed by atoms with Gasteiger partial charge in [0.25, 0.3) is 0 Å². The molecule has 4 rings (SSSR count). The molecule has 2 N–H and O–H groups in total. The van der Waals surface area contributed by atoms with Gasteiger partial charge in [-0.3, -0.25) is 9.59 Å². The Labute approximate surface area is 140 Å². The highest BCUT2D eigenvalue weighted by Gasteiger charge is 2.25. The van der Waals surface area contributed by atoms with Crippen molar-refractivity contribution < 1.29 is 9.59 Å². The van der Waals surface area contributed by atoms with Gasteiger partial charge in [-0.25, -0.2) is 4.98 Å². The molecule has 2 aliphatic rings. The lowest BCUT2D eigenvalue weighted by atomic mass is 9.98. The third-order valence-electron chi connectivity index (χ3n) is 4.88. The Kier molecular flexibility index (Phi) is 3.80. The lowest BCUT2D eigenvalue weighted by Gasteiger charge is -2.23. The van der Waals surface area contributed by atoms with Gasteiger partial charge in [0, 0.05) is 37.5 Å². The summed E-state index contributed by atoms with van der Waals surface area (Å²) in [6.45, 7) is 0.688. The lowest BCUT2D eigenvalue weighted by molar-refractivity contribution is -0.121. The summed E-state index contributed by atoms with van der Waals surface area (Å²) in [4.78, 5) is 28.1. The number of hydrogen-bond acceptors (Lipinski definition) is 3. The minimum Gasteiger partial charge on any atom is -0.349 e. The zero-order valence-corrected chi connectivity index (χ0v) is 13.4. The number of aromatic nitrogens is 2. The number of nitrogens with one attached hydrogen (secondary N) is 2. The van der Waals surface area contributed by atoms with Crippen LogP contribution in [-0.2, 0) is 22.6 Å². The number of carbonyl (C=O) groups is 2. The van der Waals surface area contributed by atoms with E-state index in [4.69, 9.17) is 0 Å². The van der Waals surface area contributed by atoms with Gasteiger partial charge in [-0.05, 0) is 30.5 Å². The van der Waals surface area contributed by atoms with Crippen molar-refractivity contribution in [1.29, 1.82) is 0 Å². The van der Waals surface area contributed by atoms with Gasteiger partial charge >= 0.3 is 0 Å². The standard InChI is InChI=1S/C18H20N4O2/c23-17-8-6-15(21-17)12-1-4-14(5-2-12)20-18(24)13-3-7-16-19-9-10-22(16)11-13/h1-2,4-5,9-10,13,15H,3,6-8,11H2,(H,20,24)(H,21,23). The van der Waals surface area contributed by atoms with Crippen molar-refractivity contribution in [3.8, 4) is 0 Å². The maximum absolute atomic E-state index is 12.5. The van der Waals surface area contributed by atoms with Crippen LogP contribution in [0.25, 0.3) is 0 Å². The third kappa shape index (κ3) is 2.91. The second-order valence-electron chi connectivity index (χ2n) is 6.50. The molecule has 0 aliphatic carbocycles. The normalized spacial score (nSPS) is 22.8. The van der Waals surface area contributed by atoms with Gasteiger partial charge < -0.3 is 15.2 Å². The Bertz CT molecular complexity index is 766. The van der Waals surface area contributed by atoms with E-state index in [-0.39, 0.29) is 23.8 Å². The molecule has 0 spiro atoms. The molecule has 1 fully saturated rings. The summed E-state index contributed by atoms with van der Waals surface area (Å²) in [6, 6.07) is 7.86. The molecule has 1 saturated heterocycles. The first-order chi connectivity index (χ1) is 11.7. The van der Waals surface area contributed by atoms with E-state index in [0.29, 0.717) is 13.0 Å². The van der Waals surface area contributed by atoms with E-state index < -0.39 is 0 Å². The van der Waals surface area contributed by atoms with Crippen LogP contribution in [0.1, 0.15) is 36.7 Å². The number of hydrogen-bond donors (Lipinski definition) is 2. The fourth-order valence-electron chi connectivity index (χ4n) is 3.49. The molecule has 0 saturated carbocycles. The summed E-state index contributed by atoms with van der Waals surface area (Å²) >= 11 is 0. The fraction of sp³-hybridized carbons (Fsp3) is 0.389. The van der Waals surface area contributed by atoms with Crippen LogP contribution in [0, 0.1) is 5.92 Å². The number of imidazole rings is 1. The Morgan fingerprint density at radius 3 is 2.79 bits per heavy atom. The molecule has 2 atom stereocenters. The van der Waals surface area contributed by atoms with Crippen molar-refractivity contribution in [2.24, 2.45) is 5.92 Å². The quantitative estimate of drug-likeness (QED) is 0.907. The molecular formula is C18H20N4O2. The molecule has 2 aromatic rings. The third-order valence-corrected chi connectivity index (χ3v) is 4.88. The summed E-state index contributed by atoms with van der Waals surface area (Å²) in [6.07, 6.45) is 6.80. The van der Waals surface area contributed by atoms with E-state index in [1.54, 1.807) is 6.20 Å². The zero-order valence-electron chi connectivity index (χ0n) is 13.4. The van der Waals surface area contributed by atoms with Crippen molar-refractivity contribution in [3.63, 3.8) is 0 Å². The van der Waals surface area contributed by atoms with Gasteiger partial charge in [-0.1, -0.05) is 12.1 Å². The number of rotatable bonds is 3. The average molecular weight is 324 g/mol. The number of aryl methyl sites for hydroxylation is 1. The van der Waals surface area contributed by atoms with Gasteiger partial charge in [-0.2, -0.15) is 0 Å². The first-order valence-corrected chi connectivity index (χ1v) is 8.39. The summed E-state index contributed by atoms with van der Waals surface area (Å²) < 4.78 is 2.06. The van der Waals surface area contributed by atoms with Crippen molar-refractivity contribution in [1.82, 2.24) is 14.9 Å². The summed E-state index contributed by atoms with van der Waals surface area (Å²) in [5.74, 6) is 1.19. The number of fused-ring (bicyclic) bond motifs is 1. The number of nitrogens with zero attached hydrogens (tertiary/aromatic N) is 2. The topological polar surface area (TPSA) is 76.0 Å². The van der Waals surface area contributed by atoms with Gasteiger partial charge in [0.05, 0.1) is 12.0 Å². The van der Waals surface area contributed by atoms with Crippen LogP contribution in [0.2, 0.25) is 0 Å². The molecule has 1 aromatic carbocycles. The van der Waals surface area contributed by atoms with E-state index in [0.717, 1.165) is 36.3 Å². The number of carbonyl (C=O) groups excluding carboxylic acids is 2. The second kappa shape index (κ2) is 6.11. The lowest BCUT2D eigenvalue weighted by Crippen LogP contribution is -2.31. The first-order valence-electron chi connectivity index (χ1n) is 8.39. The molecule has 24 heavy (non-hydrogen) atoms. The predicted molar refractivity (Wildman–Crippen MR) is 89.2 cm³/mol. The highest BCUT2D eigenvalue weighted by Crippen LogP contribution is 2.25.